The minimum atomic E-state index is -1.58. The SMILES string of the molecule is CC(F)c1cc(=O)[nH]cn1.COC(=O)CC(=O)C(C)F. The Labute approximate surface area is 114 Å². The van der Waals surface area contributed by atoms with E-state index >= 15 is 0 Å². The van der Waals surface area contributed by atoms with Crippen LogP contribution in [0.5, 0.6) is 0 Å². The third kappa shape index (κ3) is 7.34. The number of carbonyl (C=O) groups is 2. The number of methoxy groups -OCH3 is 1. The molecule has 6 nitrogen and oxygen atoms in total. The number of aromatic amines is 1. The van der Waals surface area contributed by atoms with Gasteiger partial charge in [-0.3, -0.25) is 14.4 Å². The second-order valence-electron chi connectivity index (χ2n) is 3.79. The first-order chi connectivity index (χ1) is 9.27. The second-order valence-corrected chi connectivity index (χ2v) is 3.79. The topological polar surface area (TPSA) is 89.1 Å². The molecule has 0 fully saturated rings. The second kappa shape index (κ2) is 8.89. The Morgan fingerprint density at radius 2 is 2.00 bits per heavy atom. The summed E-state index contributed by atoms with van der Waals surface area (Å²) in [6.07, 6.45) is -2.05. The molecule has 0 bridgehead atoms. The Balaban J connectivity index is 0.000000361. The average Bonchev–Trinajstić information content (AvgIpc) is 2.39. The number of aromatic nitrogens is 2. The molecule has 1 aromatic rings. The number of halogens is 2. The fourth-order valence-corrected chi connectivity index (χ4v) is 0.956. The van der Waals surface area contributed by atoms with Crippen LogP contribution in [0.2, 0.25) is 0 Å². The molecule has 0 radical (unpaired) electrons. The summed E-state index contributed by atoms with van der Waals surface area (Å²) in [4.78, 5) is 37.2. The monoisotopic (exact) mass is 290 g/mol. The maximum absolute atomic E-state index is 12.4. The normalized spacial score (nSPS) is 12.7. The number of hydrogen-bond donors (Lipinski definition) is 1. The van der Waals surface area contributed by atoms with Crippen LogP contribution in [0.25, 0.3) is 0 Å². The van der Waals surface area contributed by atoms with Crippen LogP contribution < -0.4 is 5.56 Å². The fraction of sp³-hybridized carbons (Fsp3) is 0.500. The van der Waals surface area contributed by atoms with Crippen LogP contribution >= 0.6 is 0 Å². The number of ether oxygens (including phenoxy) is 1. The molecule has 0 aromatic carbocycles. The van der Waals surface area contributed by atoms with Crippen LogP contribution in [-0.2, 0) is 14.3 Å². The predicted octanol–water partition coefficient (Wildman–Crippen LogP) is 1.28. The molecule has 0 aliphatic carbocycles. The molecule has 8 heteroatoms. The summed E-state index contributed by atoms with van der Waals surface area (Å²) in [6.45, 7) is 2.42. The highest BCUT2D eigenvalue weighted by Crippen LogP contribution is 2.09. The van der Waals surface area contributed by atoms with E-state index in [1.54, 1.807) is 0 Å². The zero-order chi connectivity index (χ0) is 15.7. The van der Waals surface area contributed by atoms with Gasteiger partial charge in [0.05, 0.1) is 19.1 Å². The van der Waals surface area contributed by atoms with Gasteiger partial charge in [0.25, 0.3) is 5.56 Å². The Morgan fingerprint density at radius 3 is 2.35 bits per heavy atom. The van der Waals surface area contributed by atoms with Crippen molar-refractivity contribution in [1.29, 1.82) is 0 Å². The number of ketones is 1. The molecule has 112 valence electrons. The van der Waals surface area contributed by atoms with Crippen molar-refractivity contribution in [2.24, 2.45) is 0 Å². The average molecular weight is 290 g/mol. The quantitative estimate of drug-likeness (QED) is 0.666. The van der Waals surface area contributed by atoms with Gasteiger partial charge in [-0.05, 0) is 13.8 Å². The number of carbonyl (C=O) groups excluding carboxylic acids is 2. The van der Waals surface area contributed by atoms with Crippen molar-refractivity contribution in [3.05, 3.63) is 28.4 Å². The lowest BCUT2D eigenvalue weighted by Gasteiger charge is -1.98. The first-order valence-electron chi connectivity index (χ1n) is 5.70. The van der Waals surface area contributed by atoms with Gasteiger partial charge in [0.1, 0.15) is 12.6 Å². The Morgan fingerprint density at radius 1 is 1.40 bits per heavy atom. The smallest absolute Gasteiger partial charge is 0.313 e. The Bertz CT molecular complexity index is 500. The van der Waals surface area contributed by atoms with E-state index in [2.05, 4.69) is 14.7 Å². The molecule has 1 rings (SSSR count). The number of esters is 1. The van der Waals surface area contributed by atoms with E-state index in [1.165, 1.54) is 13.3 Å². The third-order valence-electron chi connectivity index (χ3n) is 2.10. The highest BCUT2D eigenvalue weighted by Gasteiger charge is 2.15. The lowest BCUT2D eigenvalue weighted by atomic mass is 10.2. The first-order valence-corrected chi connectivity index (χ1v) is 5.70. The van der Waals surface area contributed by atoms with Crippen molar-refractivity contribution in [2.75, 3.05) is 7.11 Å². The van der Waals surface area contributed by atoms with E-state index in [9.17, 15) is 23.2 Å². The summed E-state index contributed by atoms with van der Waals surface area (Å²) >= 11 is 0. The number of alkyl halides is 2. The Hall–Kier alpha value is -2.12. The lowest BCUT2D eigenvalue weighted by molar-refractivity contribution is -0.144. The van der Waals surface area contributed by atoms with Crippen molar-refractivity contribution in [3.8, 4) is 0 Å². The molecule has 1 aromatic heterocycles. The molecule has 0 saturated heterocycles. The van der Waals surface area contributed by atoms with Crippen molar-refractivity contribution in [2.45, 2.75) is 32.6 Å². The van der Waals surface area contributed by atoms with Gasteiger partial charge in [0.15, 0.2) is 12.0 Å². The zero-order valence-electron chi connectivity index (χ0n) is 11.4. The number of hydrogen-bond acceptors (Lipinski definition) is 5. The number of H-pyrrole nitrogens is 1. The van der Waals surface area contributed by atoms with E-state index in [4.69, 9.17) is 0 Å². The standard InChI is InChI=1S/C6H7FN2O.C6H9FO3/c1-4(7)5-2-6(10)9-3-8-5;1-4(7)5(8)3-6(9)10-2/h2-4H,1H3,(H,8,9,10);4H,3H2,1-2H3. The molecule has 0 aliphatic rings. The highest BCUT2D eigenvalue weighted by molar-refractivity contribution is 5.97. The van der Waals surface area contributed by atoms with Crippen LogP contribution in [0.4, 0.5) is 8.78 Å². The number of Topliss-reactive ketones (excluding diaryl/α,β-unsaturated/α-hetero) is 1. The van der Waals surface area contributed by atoms with Crippen molar-refractivity contribution in [3.63, 3.8) is 0 Å². The van der Waals surface area contributed by atoms with Gasteiger partial charge in [-0.15, -0.1) is 0 Å². The van der Waals surface area contributed by atoms with Crippen molar-refractivity contribution in [1.82, 2.24) is 9.97 Å². The number of rotatable bonds is 4. The molecule has 0 spiro atoms. The molecule has 0 amide bonds. The molecule has 0 saturated carbocycles. The number of nitrogens with one attached hydrogen (secondary N) is 1. The van der Waals surface area contributed by atoms with E-state index in [1.807, 2.05) is 0 Å². The van der Waals surface area contributed by atoms with Gasteiger partial charge in [-0.25, -0.2) is 13.8 Å². The third-order valence-corrected chi connectivity index (χ3v) is 2.10. The van der Waals surface area contributed by atoms with Gasteiger partial charge in [0.2, 0.25) is 0 Å². The van der Waals surface area contributed by atoms with E-state index < -0.39 is 30.5 Å². The molecule has 1 N–H and O–H groups in total. The van der Waals surface area contributed by atoms with Gasteiger partial charge in [-0.2, -0.15) is 0 Å². The summed E-state index contributed by atoms with van der Waals surface area (Å²) in [6, 6.07) is 1.14. The summed E-state index contributed by atoms with van der Waals surface area (Å²) in [5.41, 5.74) is -0.154. The maximum Gasteiger partial charge on any atom is 0.313 e. The van der Waals surface area contributed by atoms with E-state index in [0.29, 0.717) is 0 Å². The number of nitrogens with zero attached hydrogens (tertiary/aromatic N) is 1. The van der Waals surface area contributed by atoms with Crippen LogP contribution in [0, 0.1) is 0 Å². The van der Waals surface area contributed by atoms with Gasteiger partial charge >= 0.3 is 5.97 Å². The summed E-state index contributed by atoms with van der Waals surface area (Å²) < 4.78 is 28.6. The van der Waals surface area contributed by atoms with Gasteiger partial charge < -0.3 is 9.72 Å². The summed E-state index contributed by atoms with van der Waals surface area (Å²) in [5, 5.41) is 0. The molecule has 1 heterocycles. The van der Waals surface area contributed by atoms with Crippen LogP contribution in [0.15, 0.2) is 17.2 Å². The largest absolute Gasteiger partial charge is 0.469 e. The van der Waals surface area contributed by atoms with Gasteiger partial charge in [0, 0.05) is 6.07 Å². The first kappa shape index (κ1) is 17.9. The molecule has 0 aliphatic heterocycles. The van der Waals surface area contributed by atoms with E-state index in [-0.39, 0.29) is 11.3 Å². The van der Waals surface area contributed by atoms with Crippen molar-refractivity contribution >= 4 is 11.8 Å². The van der Waals surface area contributed by atoms with E-state index in [0.717, 1.165) is 20.1 Å². The Kier molecular flexibility index (Phi) is 7.95. The molecular weight excluding hydrogens is 274 g/mol. The maximum atomic E-state index is 12.4. The summed E-state index contributed by atoms with van der Waals surface area (Å²) in [7, 11) is 1.15. The minimum Gasteiger partial charge on any atom is -0.469 e. The zero-order valence-corrected chi connectivity index (χ0v) is 11.4. The van der Waals surface area contributed by atoms with Crippen LogP contribution in [0.1, 0.15) is 32.1 Å². The van der Waals surface area contributed by atoms with Crippen LogP contribution in [0.3, 0.4) is 0 Å². The van der Waals surface area contributed by atoms with Gasteiger partial charge in [-0.1, -0.05) is 0 Å². The lowest BCUT2D eigenvalue weighted by Crippen LogP contribution is -2.16. The highest BCUT2D eigenvalue weighted by atomic mass is 19.1. The minimum absolute atomic E-state index is 0.170. The molecule has 20 heavy (non-hydrogen) atoms. The molecule has 2 unspecified atom stereocenters. The molecular formula is C12H16F2N2O4. The predicted molar refractivity (Wildman–Crippen MR) is 66.6 cm³/mol. The summed E-state index contributed by atoms with van der Waals surface area (Å²) in [5.74, 6) is -1.44. The van der Waals surface area contributed by atoms with Crippen molar-refractivity contribution < 1.29 is 23.1 Å². The van der Waals surface area contributed by atoms with Crippen LogP contribution in [-0.4, -0.2) is 35.0 Å². The molecule has 2 atom stereocenters. The fourth-order valence-electron chi connectivity index (χ4n) is 0.956.